The molecule has 0 amide bonds. The quantitative estimate of drug-likeness (QED) is 0.856. The van der Waals surface area contributed by atoms with Gasteiger partial charge in [-0.1, -0.05) is 13.3 Å². The van der Waals surface area contributed by atoms with Crippen LogP contribution < -0.4 is 9.47 Å². The SMILES string of the molecule is CCc1nc2c(OCC3CCC3)cccn2c1OC(=O)O. The van der Waals surface area contributed by atoms with E-state index >= 15 is 0 Å². The predicted octanol–water partition coefficient (Wildman–Crippen LogP) is 3.13. The second-order valence-corrected chi connectivity index (χ2v) is 5.26. The van der Waals surface area contributed by atoms with E-state index in [1.807, 2.05) is 13.0 Å². The molecule has 1 N–H and O–H groups in total. The summed E-state index contributed by atoms with van der Waals surface area (Å²) in [5.74, 6) is 1.54. The lowest BCUT2D eigenvalue weighted by Crippen LogP contribution is -2.19. The van der Waals surface area contributed by atoms with Crippen LogP contribution in [0, 0.1) is 5.92 Å². The average Bonchev–Trinajstić information content (AvgIpc) is 2.75. The first kappa shape index (κ1) is 13.7. The maximum Gasteiger partial charge on any atom is 0.512 e. The Labute approximate surface area is 122 Å². The third kappa shape index (κ3) is 2.66. The zero-order valence-electron chi connectivity index (χ0n) is 11.9. The molecule has 0 radical (unpaired) electrons. The third-order valence-electron chi connectivity index (χ3n) is 3.86. The summed E-state index contributed by atoms with van der Waals surface area (Å²) in [6.07, 6.45) is 4.68. The van der Waals surface area contributed by atoms with Crippen LogP contribution in [-0.4, -0.2) is 27.3 Å². The molecule has 3 rings (SSSR count). The number of carbonyl (C=O) groups is 1. The molecule has 6 heteroatoms. The van der Waals surface area contributed by atoms with E-state index in [2.05, 4.69) is 4.98 Å². The highest BCUT2D eigenvalue weighted by Gasteiger charge is 2.21. The highest BCUT2D eigenvalue weighted by Crippen LogP contribution is 2.30. The zero-order valence-corrected chi connectivity index (χ0v) is 11.9. The van der Waals surface area contributed by atoms with Crippen molar-refractivity contribution >= 4 is 11.8 Å². The smallest absolute Gasteiger partial charge is 0.489 e. The molecule has 112 valence electrons. The van der Waals surface area contributed by atoms with Gasteiger partial charge in [-0.2, -0.15) is 0 Å². The van der Waals surface area contributed by atoms with E-state index in [0.29, 0.717) is 36.0 Å². The van der Waals surface area contributed by atoms with E-state index in [-0.39, 0.29) is 5.88 Å². The van der Waals surface area contributed by atoms with Gasteiger partial charge >= 0.3 is 6.16 Å². The number of hydrogen-bond acceptors (Lipinski definition) is 4. The van der Waals surface area contributed by atoms with Crippen LogP contribution in [0.5, 0.6) is 11.6 Å². The van der Waals surface area contributed by atoms with Crippen molar-refractivity contribution in [1.29, 1.82) is 0 Å². The largest absolute Gasteiger partial charge is 0.512 e. The highest BCUT2D eigenvalue weighted by atomic mass is 16.7. The molecule has 1 saturated carbocycles. The van der Waals surface area contributed by atoms with Crippen molar-refractivity contribution in [2.45, 2.75) is 32.6 Å². The molecular formula is C15H18N2O4. The van der Waals surface area contributed by atoms with Crippen molar-refractivity contribution in [1.82, 2.24) is 9.38 Å². The number of ether oxygens (including phenoxy) is 2. The van der Waals surface area contributed by atoms with Gasteiger partial charge in [0.25, 0.3) is 0 Å². The van der Waals surface area contributed by atoms with Crippen LogP contribution in [-0.2, 0) is 6.42 Å². The van der Waals surface area contributed by atoms with E-state index < -0.39 is 6.16 Å². The average molecular weight is 290 g/mol. The first-order chi connectivity index (χ1) is 10.2. The fourth-order valence-corrected chi connectivity index (χ4v) is 2.47. The van der Waals surface area contributed by atoms with E-state index in [1.54, 1.807) is 16.7 Å². The van der Waals surface area contributed by atoms with Crippen molar-refractivity contribution in [3.8, 4) is 11.6 Å². The van der Waals surface area contributed by atoms with Crippen LogP contribution in [0.25, 0.3) is 5.65 Å². The summed E-state index contributed by atoms with van der Waals surface area (Å²) < 4.78 is 12.3. The second kappa shape index (κ2) is 5.63. The van der Waals surface area contributed by atoms with Gasteiger partial charge < -0.3 is 14.6 Å². The number of pyridine rings is 1. The molecule has 0 saturated heterocycles. The number of aromatic nitrogens is 2. The summed E-state index contributed by atoms with van der Waals surface area (Å²) in [6, 6.07) is 3.66. The molecule has 2 heterocycles. The normalized spacial score (nSPS) is 14.9. The monoisotopic (exact) mass is 290 g/mol. The van der Waals surface area contributed by atoms with Crippen molar-refractivity contribution in [3.05, 3.63) is 24.0 Å². The van der Waals surface area contributed by atoms with Crippen molar-refractivity contribution in [2.24, 2.45) is 5.92 Å². The Morgan fingerprint density at radius 1 is 1.52 bits per heavy atom. The third-order valence-corrected chi connectivity index (χ3v) is 3.86. The maximum atomic E-state index is 10.8. The fraction of sp³-hybridized carbons (Fsp3) is 0.467. The lowest BCUT2D eigenvalue weighted by Gasteiger charge is -2.25. The molecule has 0 spiro atoms. The Kier molecular flexibility index (Phi) is 3.68. The van der Waals surface area contributed by atoms with Gasteiger partial charge in [0.2, 0.25) is 5.88 Å². The van der Waals surface area contributed by atoms with E-state index in [1.165, 1.54) is 19.3 Å². The lowest BCUT2D eigenvalue weighted by atomic mass is 9.86. The van der Waals surface area contributed by atoms with Crippen LogP contribution in [0.15, 0.2) is 18.3 Å². The topological polar surface area (TPSA) is 73.1 Å². The standard InChI is InChI=1S/C15H18N2O4/c1-2-11-14(21-15(18)19)17-8-4-7-12(13(17)16-11)20-9-10-5-3-6-10/h4,7-8,10H,2-3,5-6,9H2,1H3,(H,18,19). The minimum Gasteiger partial charge on any atom is -0.489 e. The van der Waals surface area contributed by atoms with Crippen LogP contribution >= 0.6 is 0 Å². The summed E-state index contributed by atoms with van der Waals surface area (Å²) in [5, 5.41) is 8.86. The van der Waals surface area contributed by atoms with Crippen molar-refractivity contribution in [2.75, 3.05) is 6.61 Å². The molecule has 0 bridgehead atoms. The van der Waals surface area contributed by atoms with Gasteiger partial charge in [-0.05, 0) is 37.3 Å². The first-order valence-electron chi connectivity index (χ1n) is 7.22. The molecule has 0 aliphatic heterocycles. The number of rotatable bonds is 5. The first-order valence-corrected chi connectivity index (χ1v) is 7.22. The molecule has 0 atom stereocenters. The van der Waals surface area contributed by atoms with E-state index in [9.17, 15) is 4.79 Å². The molecule has 1 aliphatic rings. The molecule has 0 unspecified atom stereocenters. The van der Waals surface area contributed by atoms with Gasteiger partial charge in [0.05, 0.1) is 6.61 Å². The number of aryl methyl sites for hydroxylation is 1. The van der Waals surface area contributed by atoms with Gasteiger partial charge in [0.1, 0.15) is 5.69 Å². The molecule has 1 aliphatic carbocycles. The second-order valence-electron chi connectivity index (χ2n) is 5.26. The van der Waals surface area contributed by atoms with Gasteiger partial charge in [-0.3, -0.25) is 4.40 Å². The zero-order chi connectivity index (χ0) is 14.8. The minimum absolute atomic E-state index is 0.245. The van der Waals surface area contributed by atoms with E-state index in [0.717, 1.165) is 0 Å². The van der Waals surface area contributed by atoms with Gasteiger partial charge in [0.15, 0.2) is 11.4 Å². The summed E-state index contributed by atoms with van der Waals surface area (Å²) in [5.41, 5.74) is 1.21. The Morgan fingerprint density at radius 3 is 2.95 bits per heavy atom. The number of nitrogens with zero attached hydrogens (tertiary/aromatic N) is 2. The van der Waals surface area contributed by atoms with Crippen LogP contribution in [0.3, 0.4) is 0 Å². The Balaban J connectivity index is 1.93. The Bertz CT molecular complexity index is 661. The number of hydrogen-bond donors (Lipinski definition) is 1. The molecular weight excluding hydrogens is 272 g/mol. The van der Waals surface area contributed by atoms with Gasteiger partial charge in [0, 0.05) is 6.20 Å². The number of fused-ring (bicyclic) bond motifs is 1. The number of carboxylic acid groups (broad SMARTS) is 1. The molecule has 2 aromatic heterocycles. The Hall–Kier alpha value is -2.24. The predicted molar refractivity (Wildman–Crippen MR) is 76.1 cm³/mol. The van der Waals surface area contributed by atoms with Crippen molar-refractivity contribution < 1.29 is 19.4 Å². The Morgan fingerprint density at radius 2 is 2.33 bits per heavy atom. The molecule has 21 heavy (non-hydrogen) atoms. The minimum atomic E-state index is -1.34. The summed E-state index contributed by atoms with van der Waals surface area (Å²) in [6.45, 7) is 2.59. The van der Waals surface area contributed by atoms with Crippen molar-refractivity contribution in [3.63, 3.8) is 0 Å². The summed E-state index contributed by atoms with van der Waals surface area (Å²) in [4.78, 5) is 15.3. The number of imidazole rings is 1. The fourth-order valence-electron chi connectivity index (χ4n) is 2.47. The van der Waals surface area contributed by atoms with Crippen LogP contribution in [0.1, 0.15) is 31.9 Å². The molecule has 6 nitrogen and oxygen atoms in total. The summed E-state index contributed by atoms with van der Waals surface area (Å²) in [7, 11) is 0. The lowest BCUT2D eigenvalue weighted by molar-refractivity contribution is 0.141. The van der Waals surface area contributed by atoms with Crippen LogP contribution in [0.2, 0.25) is 0 Å². The van der Waals surface area contributed by atoms with E-state index in [4.69, 9.17) is 14.6 Å². The summed E-state index contributed by atoms with van der Waals surface area (Å²) >= 11 is 0. The van der Waals surface area contributed by atoms with Gasteiger partial charge in [-0.15, -0.1) is 0 Å². The molecule has 1 fully saturated rings. The maximum absolute atomic E-state index is 10.8. The molecule has 2 aromatic rings. The van der Waals surface area contributed by atoms with Gasteiger partial charge in [-0.25, -0.2) is 9.78 Å². The highest BCUT2D eigenvalue weighted by molar-refractivity contribution is 5.64. The van der Waals surface area contributed by atoms with Crippen LogP contribution in [0.4, 0.5) is 4.79 Å². The molecule has 0 aromatic carbocycles.